The zero-order valence-electron chi connectivity index (χ0n) is 7.52. The average Bonchev–Trinajstić information content (AvgIpc) is 2.07. The number of rotatable bonds is 1. The number of nitrogens with zero attached hydrogens (tertiary/aromatic N) is 1. The van der Waals surface area contributed by atoms with Crippen LogP contribution in [-0.4, -0.2) is 0 Å². The van der Waals surface area contributed by atoms with Gasteiger partial charge < -0.3 is 4.85 Å². The van der Waals surface area contributed by atoms with E-state index in [2.05, 4.69) is 4.85 Å². The molecule has 1 aromatic carbocycles. The Balaban J connectivity index is 3.17. The van der Waals surface area contributed by atoms with E-state index in [4.69, 9.17) is 6.57 Å². The van der Waals surface area contributed by atoms with Crippen LogP contribution in [0.3, 0.4) is 0 Å². The van der Waals surface area contributed by atoms with Crippen LogP contribution in [0.4, 0.5) is 13.2 Å². The van der Waals surface area contributed by atoms with Gasteiger partial charge >= 0.3 is 6.18 Å². The van der Waals surface area contributed by atoms with E-state index in [-0.39, 0.29) is 12.1 Å². The maximum Gasteiger partial charge on any atom is 0.416 e. The van der Waals surface area contributed by atoms with Gasteiger partial charge in [0.15, 0.2) is 0 Å². The fourth-order valence-corrected chi connectivity index (χ4v) is 1.16. The first kappa shape index (κ1) is 10.6. The Labute approximate surface area is 80.0 Å². The summed E-state index contributed by atoms with van der Waals surface area (Å²) in [5.74, 6) is 0. The van der Waals surface area contributed by atoms with E-state index in [1.54, 1.807) is 6.07 Å². The van der Waals surface area contributed by atoms with Gasteiger partial charge in [0.05, 0.1) is 5.56 Å². The first-order chi connectivity index (χ1) is 6.45. The molecule has 1 aromatic rings. The minimum Gasteiger partial charge on any atom is -0.312 e. The van der Waals surface area contributed by atoms with Gasteiger partial charge in [-0.2, -0.15) is 13.2 Å². The van der Waals surface area contributed by atoms with Crippen molar-refractivity contribution in [3.05, 3.63) is 46.3 Å². The Kier molecular flexibility index (Phi) is 2.80. The largest absolute Gasteiger partial charge is 0.416 e. The van der Waals surface area contributed by atoms with E-state index < -0.39 is 11.7 Å². The van der Waals surface area contributed by atoms with E-state index in [1.165, 1.54) is 13.0 Å². The SMILES string of the molecule is [C-]#[N+]Cc1ccc(C)c(C(F)(F)F)c1. The summed E-state index contributed by atoms with van der Waals surface area (Å²) in [4.78, 5) is 3.04. The Hall–Kier alpha value is -1.50. The molecule has 0 N–H and O–H groups in total. The second-order valence-corrected chi connectivity index (χ2v) is 2.96. The molecule has 0 heterocycles. The highest BCUT2D eigenvalue weighted by Crippen LogP contribution is 2.32. The number of alkyl halides is 3. The van der Waals surface area contributed by atoms with Crippen LogP contribution in [0.2, 0.25) is 0 Å². The molecule has 0 bridgehead atoms. The fourth-order valence-electron chi connectivity index (χ4n) is 1.16. The van der Waals surface area contributed by atoms with Gasteiger partial charge in [-0.15, -0.1) is 0 Å². The van der Waals surface area contributed by atoms with Gasteiger partial charge in [0.2, 0.25) is 6.54 Å². The molecule has 0 saturated heterocycles. The van der Waals surface area contributed by atoms with Crippen LogP contribution < -0.4 is 0 Å². The Bertz CT molecular complexity index is 374. The molecule has 1 nitrogen and oxygen atoms in total. The third kappa shape index (κ3) is 2.25. The minimum absolute atomic E-state index is 0.0106. The van der Waals surface area contributed by atoms with Gasteiger partial charge in [-0.1, -0.05) is 12.1 Å². The summed E-state index contributed by atoms with van der Waals surface area (Å²) in [6.07, 6.45) is -4.33. The fraction of sp³-hybridized carbons (Fsp3) is 0.300. The summed E-state index contributed by atoms with van der Waals surface area (Å²) in [5.41, 5.74) is -0.0668. The van der Waals surface area contributed by atoms with Crippen LogP contribution in [0.25, 0.3) is 4.85 Å². The highest BCUT2D eigenvalue weighted by Gasteiger charge is 2.32. The van der Waals surface area contributed by atoms with Crippen LogP contribution in [0.1, 0.15) is 16.7 Å². The Morgan fingerprint density at radius 1 is 1.36 bits per heavy atom. The topological polar surface area (TPSA) is 4.36 Å². The van der Waals surface area contributed by atoms with Gasteiger partial charge in [-0.25, -0.2) is 6.57 Å². The lowest BCUT2D eigenvalue weighted by Gasteiger charge is -2.10. The normalized spacial score (nSPS) is 11.1. The molecule has 0 radical (unpaired) electrons. The highest BCUT2D eigenvalue weighted by atomic mass is 19.4. The molecule has 1 rings (SSSR count). The molecule has 14 heavy (non-hydrogen) atoms. The Morgan fingerprint density at radius 2 is 2.00 bits per heavy atom. The molecule has 4 heteroatoms. The van der Waals surface area contributed by atoms with Crippen molar-refractivity contribution in [1.29, 1.82) is 0 Å². The first-order valence-corrected chi connectivity index (χ1v) is 3.95. The van der Waals surface area contributed by atoms with Crippen LogP contribution in [0, 0.1) is 13.5 Å². The molecule has 0 aliphatic carbocycles. The smallest absolute Gasteiger partial charge is 0.312 e. The van der Waals surface area contributed by atoms with Crippen molar-refractivity contribution in [2.75, 3.05) is 0 Å². The number of hydrogen-bond acceptors (Lipinski definition) is 0. The standard InChI is InChI=1S/C10H8F3N/c1-7-3-4-8(6-14-2)5-9(7)10(11,12)13/h3-5H,6H2,1H3. The summed E-state index contributed by atoms with van der Waals surface area (Å²) in [7, 11) is 0. The maximum atomic E-state index is 12.4. The van der Waals surface area contributed by atoms with Gasteiger partial charge in [0.25, 0.3) is 0 Å². The summed E-state index contributed by atoms with van der Waals surface area (Å²) in [6, 6.07) is 3.97. The summed E-state index contributed by atoms with van der Waals surface area (Å²) < 4.78 is 37.2. The van der Waals surface area contributed by atoms with E-state index in [0.29, 0.717) is 5.56 Å². The van der Waals surface area contributed by atoms with E-state index >= 15 is 0 Å². The van der Waals surface area contributed by atoms with Crippen molar-refractivity contribution in [2.45, 2.75) is 19.6 Å². The summed E-state index contributed by atoms with van der Waals surface area (Å²) in [6.45, 7) is 7.96. The van der Waals surface area contributed by atoms with Gasteiger partial charge in [0, 0.05) is 5.56 Å². The lowest BCUT2D eigenvalue weighted by atomic mass is 10.0. The first-order valence-electron chi connectivity index (χ1n) is 3.95. The number of halogens is 3. The summed E-state index contributed by atoms with van der Waals surface area (Å²) in [5, 5.41) is 0. The average molecular weight is 199 g/mol. The molecule has 0 amide bonds. The Morgan fingerprint density at radius 3 is 2.50 bits per heavy atom. The zero-order valence-corrected chi connectivity index (χ0v) is 7.52. The monoisotopic (exact) mass is 199 g/mol. The molecular formula is C10H8F3N. The third-order valence-corrected chi connectivity index (χ3v) is 1.87. The molecule has 74 valence electrons. The van der Waals surface area contributed by atoms with E-state index in [9.17, 15) is 13.2 Å². The zero-order chi connectivity index (χ0) is 10.8. The van der Waals surface area contributed by atoms with E-state index in [1.807, 2.05) is 0 Å². The van der Waals surface area contributed by atoms with Crippen molar-refractivity contribution < 1.29 is 13.2 Å². The quantitative estimate of drug-likeness (QED) is 0.610. The lowest BCUT2D eigenvalue weighted by molar-refractivity contribution is -0.138. The number of hydrogen-bond donors (Lipinski definition) is 0. The molecule has 0 aromatic heterocycles. The van der Waals surface area contributed by atoms with Crippen LogP contribution in [0.15, 0.2) is 18.2 Å². The molecule has 0 aliphatic heterocycles. The van der Waals surface area contributed by atoms with Crippen LogP contribution in [-0.2, 0) is 12.7 Å². The maximum absolute atomic E-state index is 12.4. The second-order valence-electron chi connectivity index (χ2n) is 2.96. The minimum atomic E-state index is -4.33. The van der Waals surface area contributed by atoms with Gasteiger partial charge in [0.1, 0.15) is 0 Å². The molecule has 0 saturated carbocycles. The van der Waals surface area contributed by atoms with E-state index in [0.717, 1.165) is 6.07 Å². The molecular weight excluding hydrogens is 191 g/mol. The van der Waals surface area contributed by atoms with Crippen LogP contribution >= 0.6 is 0 Å². The van der Waals surface area contributed by atoms with Gasteiger partial charge in [-0.3, -0.25) is 0 Å². The highest BCUT2D eigenvalue weighted by molar-refractivity contribution is 5.33. The third-order valence-electron chi connectivity index (χ3n) is 1.87. The lowest BCUT2D eigenvalue weighted by Crippen LogP contribution is -2.07. The van der Waals surface area contributed by atoms with Crippen molar-refractivity contribution in [3.63, 3.8) is 0 Å². The molecule has 0 unspecified atom stereocenters. The molecule has 0 fully saturated rings. The molecule has 0 spiro atoms. The molecule has 0 atom stereocenters. The second kappa shape index (κ2) is 3.70. The molecule has 0 aliphatic rings. The predicted molar refractivity (Wildman–Crippen MR) is 46.5 cm³/mol. The predicted octanol–water partition coefficient (Wildman–Crippen LogP) is 3.43. The van der Waals surface area contributed by atoms with Crippen molar-refractivity contribution in [3.8, 4) is 0 Å². The van der Waals surface area contributed by atoms with Crippen molar-refractivity contribution >= 4 is 0 Å². The van der Waals surface area contributed by atoms with Crippen LogP contribution in [0.5, 0.6) is 0 Å². The van der Waals surface area contributed by atoms with Gasteiger partial charge in [-0.05, 0) is 18.6 Å². The number of benzene rings is 1. The summed E-state index contributed by atoms with van der Waals surface area (Å²) >= 11 is 0. The van der Waals surface area contributed by atoms with Crippen molar-refractivity contribution in [2.24, 2.45) is 0 Å². The number of aryl methyl sites for hydroxylation is 1. The van der Waals surface area contributed by atoms with Crippen molar-refractivity contribution in [1.82, 2.24) is 0 Å².